The molecule has 0 fully saturated rings. The maximum atomic E-state index is 13.2. The van der Waals surface area contributed by atoms with Crippen molar-refractivity contribution in [3.05, 3.63) is 28.0 Å². The summed E-state index contributed by atoms with van der Waals surface area (Å²) in [6.45, 7) is -0.405. The van der Waals surface area contributed by atoms with Crippen LogP contribution in [0.1, 0.15) is 11.1 Å². The van der Waals surface area contributed by atoms with Gasteiger partial charge in [0.15, 0.2) is 5.75 Å². The molecule has 1 aromatic carbocycles. The number of ether oxygens (including phenoxy) is 1. The number of aliphatic hydroxyl groups excluding tert-OH is 1. The van der Waals surface area contributed by atoms with Crippen molar-refractivity contribution in [1.82, 2.24) is 0 Å². The van der Waals surface area contributed by atoms with E-state index in [0.717, 1.165) is 6.07 Å². The zero-order valence-corrected chi connectivity index (χ0v) is 8.10. The van der Waals surface area contributed by atoms with Gasteiger partial charge in [-0.1, -0.05) is 11.6 Å². The maximum Gasteiger partial charge on any atom is 0.158 e. The van der Waals surface area contributed by atoms with Crippen LogP contribution >= 0.6 is 11.6 Å². The average molecular weight is 216 g/mol. The monoisotopic (exact) mass is 215 g/mol. The van der Waals surface area contributed by atoms with E-state index in [1.807, 2.05) is 0 Å². The first-order valence-electron chi connectivity index (χ1n) is 3.71. The summed E-state index contributed by atoms with van der Waals surface area (Å²) in [7, 11) is 1.28. The first-order valence-corrected chi connectivity index (χ1v) is 4.09. The summed E-state index contributed by atoms with van der Waals surface area (Å²) in [6.07, 6.45) is 0. The molecule has 0 radical (unpaired) electrons. The van der Waals surface area contributed by atoms with Crippen molar-refractivity contribution in [3.8, 4) is 11.8 Å². The molecule has 0 amide bonds. The summed E-state index contributed by atoms with van der Waals surface area (Å²) in [5, 5.41) is 17.5. The smallest absolute Gasteiger partial charge is 0.158 e. The predicted octanol–water partition coefficient (Wildman–Crippen LogP) is 1.85. The molecule has 0 heterocycles. The van der Waals surface area contributed by atoms with Gasteiger partial charge in [0.2, 0.25) is 0 Å². The van der Waals surface area contributed by atoms with Crippen LogP contribution < -0.4 is 4.74 Å². The van der Waals surface area contributed by atoms with Crippen LogP contribution in [-0.2, 0) is 6.61 Å². The van der Waals surface area contributed by atoms with Crippen LogP contribution in [-0.4, -0.2) is 12.2 Å². The normalized spacial score (nSPS) is 9.64. The lowest BCUT2D eigenvalue weighted by Crippen LogP contribution is -1.97. The van der Waals surface area contributed by atoms with E-state index in [0.29, 0.717) is 0 Å². The zero-order chi connectivity index (χ0) is 10.7. The highest BCUT2D eigenvalue weighted by Gasteiger charge is 2.16. The number of methoxy groups -OCH3 is 1. The van der Waals surface area contributed by atoms with Crippen molar-refractivity contribution in [2.45, 2.75) is 6.61 Å². The summed E-state index contributed by atoms with van der Waals surface area (Å²) < 4.78 is 18.0. The van der Waals surface area contributed by atoms with E-state index in [9.17, 15) is 4.39 Å². The Morgan fingerprint density at radius 2 is 2.36 bits per heavy atom. The largest absolute Gasteiger partial charge is 0.494 e. The number of hydrogen-bond acceptors (Lipinski definition) is 3. The van der Waals surface area contributed by atoms with E-state index in [-0.39, 0.29) is 21.9 Å². The molecule has 0 aliphatic carbocycles. The molecule has 0 spiro atoms. The van der Waals surface area contributed by atoms with E-state index in [1.54, 1.807) is 6.07 Å². The number of benzene rings is 1. The van der Waals surface area contributed by atoms with Gasteiger partial charge in [-0.05, 0) is 6.07 Å². The second-order valence-electron chi connectivity index (χ2n) is 2.51. The predicted molar refractivity (Wildman–Crippen MR) is 48.6 cm³/mol. The van der Waals surface area contributed by atoms with Crippen molar-refractivity contribution < 1.29 is 14.2 Å². The summed E-state index contributed by atoms with van der Waals surface area (Å²) in [4.78, 5) is 0. The molecule has 1 rings (SSSR count). The highest BCUT2D eigenvalue weighted by Crippen LogP contribution is 2.33. The summed E-state index contributed by atoms with van der Waals surface area (Å²) >= 11 is 5.76. The molecule has 0 unspecified atom stereocenters. The van der Waals surface area contributed by atoms with Crippen molar-refractivity contribution in [1.29, 1.82) is 5.26 Å². The van der Waals surface area contributed by atoms with E-state index in [2.05, 4.69) is 0 Å². The van der Waals surface area contributed by atoms with Crippen LogP contribution in [0.3, 0.4) is 0 Å². The molecule has 0 aromatic heterocycles. The SMILES string of the molecule is COc1c(Cl)c(CO)cc(F)c1C#N. The minimum Gasteiger partial charge on any atom is -0.494 e. The fourth-order valence-corrected chi connectivity index (χ4v) is 1.35. The Balaban J connectivity index is 3.50. The van der Waals surface area contributed by atoms with Crippen LogP contribution in [0, 0.1) is 17.1 Å². The van der Waals surface area contributed by atoms with Crippen LogP contribution in [0.4, 0.5) is 4.39 Å². The molecule has 14 heavy (non-hydrogen) atoms. The summed E-state index contributed by atoms with van der Waals surface area (Å²) in [5.74, 6) is -0.795. The van der Waals surface area contributed by atoms with Gasteiger partial charge in [-0.15, -0.1) is 0 Å². The van der Waals surface area contributed by atoms with Gasteiger partial charge in [-0.25, -0.2) is 4.39 Å². The van der Waals surface area contributed by atoms with Gasteiger partial charge in [0.05, 0.1) is 18.7 Å². The molecule has 0 atom stereocenters. The van der Waals surface area contributed by atoms with Crippen molar-refractivity contribution in [2.75, 3.05) is 7.11 Å². The maximum absolute atomic E-state index is 13.2. The second kappa shape index (κ2) is 4.27. The minimum atomic E-state index is -0.752. The summed E-state index contributed by atoms with van der Waals surface area (Å²) in [6, 6.07) is 2.66. The van der Waals surface area contributed by atoms with Crippen LogP contribution in [0.5, 0.6) is 5.75 Å². The van der Waals surface area contributed by atoms with E-state index in [1.165, 1.54) is 7.11 Å². The number of hydrogen-bond donors (Lipinski definition) is 1. The van der Waals surface area contributed by atoms with Gasteiger partial charge < -0.3 is 9.84 Å². The Hall–Kier alpha value is -1.31. The molecule has 3 nitrogen and oxygen atoms in total. The van der Waals surface area contributed by atoms with Gasteiger partial charge in [-0.2, -0.15) is 5.26 Å². The van der Waals surface area contributed by atoms with Crippen molar-refractivity contribution >= 4 is 11.6 Å². The molecule has 1 aromatic rings. The molecular formula is C9H7ClFNO2. The fraction of sp³-hybridized carbons (Fsp3) is 0.222. The third-order valence-corrected chi connectivity index (χ3v) is 2.15. The Bertz CT molecular complexity index is 400. The Kier molecular flexibility index (Phi) is 3.28. The second-order valence-corrected chi connectivity index (χ2v) is 2.89. The third-order valence-electron chi connectivity index (χ3n) is 1.73. The molecule has 0 saturated carbocycles. The average Bonchev–Trinajstić information content (AvgIpc) is 2.20. The van der Waals surface area contributed by atoms with Gasteiger partial charge in [-0.3, -0.25) is 0 Å². The summed E-state index contributed by atoms with van der Waals surface area (Å²) in [5.41, 5.74) is -0.0604. The van der Waals surface area contributed by atoms with E-state index >= 15 is 0 Å². The van der Waals surface area contributed by atoms with Crippen LogP contribution in [0.15, 0.2) is 6.07 Å². The van der Waals surface area contributed by atoms with E-state index < -0.39 is 12.4 Å². The molecule has 0 bridgehead atoms. The zero-order valence-electron chi connectivity index (χ0n) is 7.34. The minimum absolute atomic E-state index is 0.0433. The van der Waals surface area contributed by atoms with Crippen molar-refractivity contribution in [2.24, 2.45) is 0 Å². The quantitative estimate of drug-likeness (QED) is 0.819. The lowest BCUT2D eigenvalue weighted by molar-refractivity contribution is 0.280. The third kappa shape index (κ3) is 1.65. The Morgan fingerprint density at radius 1 is 1.71 bits per heavy atom. The first-order chi connectivity index (χ1) is 6.65. The molecule has 1 N–H and O–H groups in total. The molecule has 0 aliphatic rings. The molecule has 0 saturated heterocycles. The topological polar surface area (TPSA) is 53.2 Å². The molecule has 0 aliphatic heterocycles. The number of nitrogens with zero attached hydrogens (tertiary/aromatic N) is 1. The molecule has 74 valence electrons. The number of aliphatic hydroxyl groups is 1. The van der Waals surface area contributed by atoms with Gasteiger partial charge in [0, 0.05) is 5.56 Å². The van der Waals surface area contributed by atoms with Crippen molar-refractivity contribution in [3.63, 3.8) is 0 Å². The van der Waals surface area contributed by atoms with E-state index in [4.69, 9.17) is 26.7 Å². The first kappa shape index (κ1) is 10.8. The molecular weight excluding hydrogens is 209 g/mol. The fourth-order valence-electron chi connectivity index (χ4n) is 1.06. The van der Waals surface area contributed by atoms with Gasteiger partial charge in [0.25, 0.3) is 0 Å². The number of halogens is 2. The number of rotatable bonds is 2. The van der Waals surface area contributed by atoms with Gasteiger partial charge in [0.1, 0.15) is 17.4 Å². The highest BCUT2D eigenvalue weighted by molar-refractivity contribution is 6.33. The number of nitriles is 1. The standard InChI is InChI=1S/C9H7ClFNO2/c1-14-9-6(3-12)7(11)2-5(4-13)8(9)10/h2,13H,4H2,1H3. The van der Waals surface area contributed by atoms with Crippen LogP contribution in [0.25, 0.3) is 0 Å². The van der Waals surface area contributed by atoms with Gasteiger partial charge >= 0.3 is 0 Å². The lowest BCUT2D eigenvalue weighted by Gasteiger charge is -2.09. The Labute approximate surface area is 85.3 Å². The Morgan fingerprint density at radius 3 is 2.79 bits per heavy atom. The van der Waals surface area contributed by atoms with Crippen LogP contribution in [0.2, 0.25) is 5.02 Å². The highest BCUT2D eigenvalue weighted by atomic mass is 35.5. The lowest BCUT2D eigenvalue weighted by atomic mass is 10.1. The molecule has 5 heteroatoms.